The van der Waals surface area contributed by atoms with Crippen LogP contribution in [0.1, 0.15) is 12.1 Å². The number of rotatable bonds is 6. The molecule has 3 rings (SSSR count). The minimum absolute atomic E-state index is 0.157. The summed E-state index contributed by atoms with van der Waals surface area (Å²) in [7, 11) is 1.65. The summed E-state index contributed by atoms with van der Waals surface area (Å²) >= 11 is 5.96. The van der Waals surface area contributed by atoms with Gasteiger partial charge in [-0.25, -0.2) is 4.68 Å². The molecular formula is C19H19ClN2O2. The average molecular weight is 343 g/mol. The molecule has 0 aliphatic heterocycles. The van der Waals surface area contributed by atoms with E-state index in [-0.39, 0.29) is 6.61 Å². The highest BCUT2D eigenvalue weighted by molar-refractivity contribution is 6.30. The summed E-state index contributed by atoms with van der Waals surface area (Å²) in [4.78, 5) is 0. The number of aliphatic hydroxyl groups excluding tert-OH is 1. The van der Waals surface area contributed by atoms with E-state index in [0.717, 1.165) is 34.8 Å². The van der Waals surface area contributed by atoms with Gasteiger partial charge in [-0.2, -0.15) is 5.10 Å². The molecule has 3 aromatic rings. The normalized spacial score (nSPS) is 10.8. The lowest BCUT2D eigenvalue weighted by Crippen LogP contribution is -2.03. The molecule has 24 heavy (non-hydrogen) atoms. The molecule has 5 heteroatoms. The second-order valence-electron chi connectivity index (χ2n) is 5.46. The minimum Gasteiger partial charge on any atom is -0.497 e. The van der Waals surface area contributed by atoms with Crippen molar-refractivity contribution in [1.82, 2.24) is 9.78 Å². The van der Waals surface area contributed by atoms with Crippen molar-refractivity contribution in [3.63, 3.8) is 0 Å². The van der Waals surface area contributed by atoms with Crippen molar-refractivity contribution in [1.29, 1.82) is 0 Å². The predicted molar refractivity (Wildman–Crippen MR) is 96.0 cm³/mol. The van der Waals surface area contributed by atoms with E-state index in [0.29, 0.717) is 11.4 Å². The Bertz CT molecular complexity index is 795. The Kier molecular flexibility index (Phi) is 5.18. The maximum absolute atomic E-state index is 9.15. The lowest BCUT2D eigenvalue weighted by atomic mass is 10.1. The van der Waals surface area contributed by atoms with E-state index in [1.54, 1.807) is 7.11 Å². The molecule has 124 valence electrons. The van der Waals surface area contributed by atoms with Crippen LogP contribution in [0.15, 0.2) is 54.6 Å². The van der Waals surface area contributed by atoms with E-state index >= 15 is 0 Å². The van der Waals surface area contributed by atoms with Crippen LogP contribution in [-0.2, 0) is 6.42 Å². The fraction of sp³-hybridized carbons (Fsp3) is 0.211. The number of methoxy groups -OCH3 is 1. The Morgan fingerprint density at radius 2 is 1.79 bits per heavy atom. The maximum atomic E-state index is 9.15. The summed E-state index contributed by atoms with van der Waals surface area (Å²) in [6, 6.07) is 17.5. The van der Waals surface area contributed by atoms with Crippen molar-refractivity contribution in [3.05, 3.63) is 65.3 Å². The quantitative estimate of drug-likeness (QED) is 0.732. The van der Waals surface area contributed by atoms with Crippen molar-refractivity contribution in [2.45, 2.75) is 12.8 Å². The number of aryl methyl sites for hydroxylation is 1. The van der Waals surface area contributed by atoms with E-state index in [4.69, 9.17) is 26.5 Å². The highest BCUT2D eigenvalue weighted by Gasteiger charge is 2.11. The third-order valence-corrected chi connectivity index (χ3v) is 4.08. The third kappa shape index (κ3) is 3.61. The fourth-order valence-corrected chi connectivity index (χ4v) is 2.69. The maximum Gasteiger partial charge on any atom is 0.119 e. The number of halogens is 1. The number of aliphatic hydroxyl groups is 1. The van der Waals surface area contributed by atoms with Crippen molar-refractivity contribution >= 4 is 11.6 Å². The minimum atomic E-state index is 0.157. The van der Waals surface area contributed by atoms with Crippen molar-refractivity contribution in [2.75, 3.05) is 13.7 Å². The van der Waals surface area contributed by atoms with Gasteiger partial charge in [0.15, 0.2) is 0 Å². The number of nitrogens with zero attached hydrogens (tertiary/aromatic N) is 2. The number of hydrogen-bond donors (Lipinski definition) is 1. The van der Waals surface area contributed by atoms with Gasteiger partial charge in [0, 0.05) is 22.9 Å². The monoisotopic (exact) mass is 342 g/mol. The molecule has 0 spiro atoms. The van der Waals surface area contributed by atoms with E-state index < -0.39 is 0 Å². The lowest BCUT2D eigenvalue weighted by molar-refractivity contribution is 0.287. The van der Waals surface area contributed by atoms with Crippen LogP contribution >= 0.6 is 11.6 Å². The molecule has 4 nitrogen and oxygen atoms in total. The van der Waals surface area contributed by atoms with Crippen LogP contribution in [0.3, 0.4) is 0 Å². The summed E-state index contributed by atoms with van der Waals surface area (Å²) in [5.41, 5.74) is 3.91. The first-order chi connectivity index (χ1) is 11.7. The molecule has 0 radical (unpaired) electrons. The van der Waals surface area contributed by atoms with Gasteiger partial charge < -0.3 is 9.84 Å². The van der Waals surface area contributed by atoms with Gasteiger partial charge in [0.1, 0.15) is 5.75 Å². The molecule has 1 aromatic heterocycles. The van der Waals surface area contributed by atoms with Crippen LogP contribution in [0.4, 0.5) is 0 Å². The van der Waals surface area contributed by atoms with Crippen LogP contribution in [0.5, 0.6) is 5.75 Å². The van der Waals surface area contributed by atoms with Crippen molar-refractivity contribution < 1.29 is 9.84 Å². The van der Waals surface area contributed by atoms with Crippen LogP contribution in [-0.4, -0.2) is 28.6 Å². The van der Waals surface area contributed by atoms with Crippen LogP contribution < -0.4 is 4.74 Å². The zero-order chi connectivity index (χ0) is 16.9. The molecule has 0 saturated heterocycles. The predicted octanol–water partition coefficient (Wildman–Crippen LogP) is 4.13. The third-order valence-electron chi connectivity index (χ3n) is 3.83. The van der Waals surface area contributed by atoms with Crippen molar-refractivity contribution in [3.8, 4) is 22.7 Å². The molecule has 1 heterocycles. The first-order valence-electron chi connectivity index (χ1n) is 7.81. The molecule has 0 unspecified atom stereocenters. The average Bonchev–Trinajstić information content (AvgIpc) is 3.04. The first-order valence-corrected chi connectivity index (χ1v) is 8.19. The Hall–Kier alpha value is -2.30. The van der Waals surface area contributed by atoms with Gasteiger partial charge in [-0.3, -0.25) is 0 Å². The van der Waals surface area contributed by atoms with Gasteiger partial charge in [0.2, 0.25) is 0 Å². The molecule has 1 N–H and O–H groups in total. The Labute approximate surface area is 146 Å². The molecule has 0 amide bonds. The highest BCUT2D eigenvalue weighted by atomic mass is 35.5. The van der Waals surface area contributed by atoms with E-state index in [9.17, 15) is 0 Å². The number of benzene rings is 2. The van der Waals surface area contributed by atoms with E-state index in [2.05, 4.69) is 6.07 Å². The molecule has 0 saturated carbocycles. The van der Waals surface area contributed by atoms with Crippen LogP contribution in [0, 0.1) is 0 Å². The number of aromatic nitrogens is 2. The summed E-state index contributed by atoms with van der Waals surface area (Å²) in [5, 5.41) is 14.6. The second-order valence-corrected chi connectivity index (χ2v) is 5.90. The van der Waals surface area contributed by atoms with E-state index in [1.807, 2.05) is 53.2 Å². The van der Waals surface area contributed by atoms with Gasteiger partial charge in [0.25, 0.3) is 0 Å². The summed E-state index contributed by atoms with van der Waals surface area (Å²) < 4.78 is 7.13. The molecule has 2 aromatic carbocycles. The van der Waals surface area contributed by atoms with Gasteiger partial charge in [-0.15, -0.1) is 0 Å². The Morgan fingerprint density at radius 3 is 2.42 bits per heavy atom. The van der Waals surface area contributed by atoms with Gasteiger partial charge in [-0.1, -0.05) is 23.7 Å². The lowest BCUT2D eigenvalue weighted by Gasteiger charge is -2.08. The molecule has 0 fully saturated rings. The number of hydrogen-bond acceptors (Lipinski definition) is 3. The SMILES string of the molecule is COc1ccc(-n2nc(-c3ccc(Cl)cc3)cc2CCCO)cc1. The van der Waals surface area contributed by atoms with E-state index in [1.165, 1.54) is 0 Å². The van der Waals surface area contributed by atoms with Crippen LogP contribution in [0.25, 0.3) is 16.9 Å². The summed E-state index contributed by atoms with van der Waals surface area (Å²) in [6.07, 6.45) is 1.45. The first kappa shape index (κ1) is 16.6. The molecule has 0 atom stereocenters. The van der Waals surface area contributed by atoms with Gasteiger partial charge in [-0.05, 0) is 55.3 Å². The van der Waals surface area contributed by atoms with Gasteiger partial charge >= 0.3 is 0 Å². The molecule has 0 bridgehead atoms. The van der Waals surface area contributed by atoms with Crippen molar-refractivity contribution in [2.24, 2.45) is 0 Å². The molecule has 0 aliphatic rings. The topological polar surface area (TPSA) is 47.3 Å². The Balaban J connectivity index is 2.00. The molecule has 0 aliphatic carbocycles. The number of ether oxygens (including phenoxy) is 1. The van der Waals surface area contributed by atoms with Crippen LogP contribution in [0.2, 0.25) is 5.02 Å². The highest BCUT2D eigenvalue weighted by Crippen LogP contribution is 2.25. The Morgan fingerprint density at radius 1 is 1.08 bits per heavy atom. The fourth-order valence-electron chi connectivity index (χ4n) is 2.57. The molecular weight excluding hydrogens is 324 g/mol. The summed E-state index contributed by atoms with van der Waals surface area (Å²) in [6.45, 7) is 0.157. The second kappa shape index (κ2) is 7.51. The van der Waals surface area contributed by atoms with Gasteiger partial charge in [0.05, 0.1) is 18.5 Å². The zero-order valence-corrected chi connectivity index (χ0v) is 14.2. The largest absolute Gasteiger partial charge is 0.497 e. The zero-order valence-electron chi connectivity index (χ0n) is 13.4. The smallest absolute Gasteiger partial charge is 0.119 e. The standard InChI is InChI=1S/C19H19ClN2O2/c1-24-18-10-8-16(9-11-18)22-17(3-2-12-23)13-19(21-22)14-4-6-15(20)7-5-14/h4-11,13,23H,2-3,12H2,1H3. The summed E-state index contributed by atoms with van der Waals surface area (Å²) in [5.74, 6) is 0.806.